The molecule has 0 bridgehead atoms. The maximum atomic E-state index is 2.42. The van der Waals surface area contributed by atoms with Gasteiger partial charge < -0.3 is 0 Å². The minimum Gasteiger partial charge on any atom is -0.0653 e. The Balaban J connectivity index is 2.73. The summed E-state index contributed by atoms with van der Waals surface area (Å²) in [5.74, 6) is 0. The summed E-state index contributed by atoms with van der Waals surface area (Å²) in [6, 6.07) is 22.2. The first kappa shape index (κ1) is 15.8. The predicted octanol–water partition coefficient (Wildman–Crippen LogP) is 6.21. The molecule has 21 heavy (non-hydrogen) atoms. The van der Waals surface area contributed by atoms with Crippen LogP contribution in [0.5, 0.6) is 0 Å². The van der Waals surface area contributed by atoms with E-state index in [1.54, 1.807) is 0 Å². The van der Waals surface area contributed by atoms with E-state index < -0.39 is 0 Å². The maximum Gasteiger partial charge on any atom is 0.0253 e. The third-order valence-corrected chi connectivity index (χ3v) is 5.20. The molecule has 0 saturated carbocycles. The van der Waals surface area contributed by atoms with Gasteiger partial charge in [0.25, 0.3) is 0 Å². The molecule has 2 rings (SSSR count). The quantitative estimate of drug-likeness (QED) is 0.590. The Morgan fingerprint density at radius 3 is 1.48 bits per heavy atom. The van der Waals surface area contributed by atoms with Crippen LogP contribution in [0, 0.1) is 5.41 Å². The van der Waals surface area contributed by atoms with Crippen LogP contribution in [0.3, 0.4) is 0 Å². The van der Waals surface area contributed by atoms with Gasteiger partial charge in [-0.3, -0.25) is 0 Å². The lowest BCUT2D eigenvalue weighted by Gasteiger charge is -2.48. The Bertz CT molecular complexity index is 497. The summed E-state index contributed by atoms with van der Waals surface area (Å²) in [4.78, 5) is 0. The summed E-state index contributed by atoms with van der Waals surface area (Å²) in [6.07, 6.45) is 3.53. The van der Waals surface area contributed by atoms with Crippen molar-refractivity contribution in [2.24, 2.45) is 5.41 Å². The highest BCUT2D eigenvalue weighted by atomic mass is 14.5. The average Bonchev–Trinajstić information content (AvgIpc) is 2.54. The van der Waals surface area contributed by atoms with Crippen LogP contribution in [0.25, 0.3) is 0 Å². The van der Waals surface area contributed by atoms with E-state index in [1.807, 2.05) is 0 Å². The molecule has 0 unspecified atom stereocenters. The molecular formula is C21H28. The monoisotopic (exact) mass is 280 g/mol. The van der Waals surface area contributed by atoms with E-state index in [-0.39, 0.29) is 10.8 Å². The number of hydrogen-bond acceptors (Lipinski definition) is 0. The van der Waals surface area contributed by atoms with Crippen LogP contribution in [0.2, 0.25) is 0 Å². The molecule has 0 aromatic heterocycles. The Hall–Kier alpha value is -1.56. The normalized spacial score (nSPS) is 12.4. The third-order valence-electron chi connectivity index (χ3n) is 5.20. The van der Waals surface area contributed by atoms with Crippen molar-refractivity contribution >= 4 is 0 Å². The molecule has 0 heteroatoms. The molecule has 0 amide bonds. The zero-order valence-electron chi connectivity index (χ0n) is 13.9. The summed E-state index contributed by atoms with van der Waals surface area (Å²) in [5.41, 5.74) is 3.19. The van der Waals surface area contributed by atoms with Crippen LogP contribution in [-0.4, -0.2) is 0 Å². The zero-order valence-corrected chi connectivity index (χ0v) is 13.9. The van der Waals surface area contributed by atoms with Crippen LogP contribution >= 0.6 is 0 Å². The van der Waals surface area contributed by atoms with Crippen molar-refractivity contribution < 1.29 is 0 Å². The third kappa shape index (κ3) is 2.77. The predicted molar refractivity (Wildman–Crippen MR) is 92.6 cm³/mol. The maximum absolute atomic E-state index is 2.42. The fourth-order valence-corrected chi connectivity index (χ4v) is 3.70. The van der Waals surface area contributed by atoms with Crippen LogP contribution in [0.1, 0.15) is 58.1 Å². The van der Waals surface area contributed by atoms with Crippen molar-refractivity contribution in [1.82, 2.24) is 0 Å². The fraction of sp³-hybridized carbons (Fsp3) is 0.429. The van der Waals surface area contributed by atoms with E-state index in [9.17, 15) is 0 Å². The van der Waals surface area contributed by atoms with E-state index in [0.29, 0.717) is 0 Å². The molecule has 0 fully saturated rings. The van der Waals surface area contributed by atoms with Gasteiger partial charge >= 0.3 is 0 Å². The van der Waals surface area contributed by atoms with Gasteiger partial charge in [0, 0.05) is 5.41 Å². The Morgan fingerprint density at radius 2 is 1.14 bits per heavy atom. The molecule has 2 aromatic rings. The summed E-state index contributed by atoms with van der Waals surface area (Å²) >= 11 is 0. The van der Waals surface area contributed by atoms with Gasteiger partial charge in [-0.2, -0.15) is 0 Å². The van der Waals surface area contributed by atoms with Crippen LogP contribution < -0.4 is 0 Å². The van der Waals surface area contributed by atoms with Crippen molar-refractivity contribution in [3.05, 3.63) is 71.8 Å². The largest absolute Gasteiger partial charge is 0.0653 e. The van der Waals surface area contributed by atoms with Crippen molar-refractivity contribution in [1.29, 1.82) is 0 Å². The topological polar surface area (TPSA) is 0 Å². The zero-order chi connectivity index (χ0) is 15.3. The van der Waals surface area contributed by atoms with Gasteiger partial charge in [0.2, 0.25) is 0 Å². The minimum atomic E-state index is 0.0824. The average molecular weight is 280 g/mol. The highest BCUT2D eigenvalue weighted by Crippen LogP contribution is 2.51. The molecule has 0 radical (unpaired) electrons. The van der Waals surface area contributed by atoms with Gasteiger partial charge in [0.15, 0.2) is 0 Å². The van der Waals surface area contributed by atoms with E-state index >= 15 is 0 Å². The van der Waals surface area contributed by atoms with Crippen LogP contribution in [-0.2, 0) is 5.41 Å². The van der Waals surface area contributed by atoms with Gasteiger partial charge in [-0.05, 0) is 29.4 Å². The van der Waals surface area contributed by atoms with E-state index in [1.165, 1.54) is 24.0 Å². The molecule has 0 aliphatic rings. The highest BCUT2D eigenvalue weighted by molar-refractivity contribution is 5.42. The van der Waals surface area contributed by atoms with E-state index in [0.717, 1.165) is 6.42 Å². The molecule has 0 nitrogen and oxygen atoms in total. The lowest BCUT2D eigenvalue weighted by molar-refractivity contribution is 0.178. The van der Waals surface area contributed by atoms with E-state index in [2.05, 4.69) is 88.4 Å². The fourth-order valence-electron chi connectivity index (χ4n) is 3.70. The molecule has 0 heterocycles. The molecule has 0 saturated heterocycles. The van der Waals surface area contributed by atoms with Gasteiger partial charge in [0.1, 0.15) is 0 Å². The molecular weight excluding hydrogens is 252 g/mol. The van der Waals surface area contributed by atoms with Gasteiger partial charge in [0.05, 0.1) is 0 Å². The Kier molecular flexibility index (Phi) is 4.88. The first-order valence-corrected chi connectivity index (χ1v) is 8.19. The molecule has 112 valence electrons. The van der Waals surface area contributed by atoms with Crippen LogP contribution in [0.15, 0.2) is 60.7 Å². The van der Waals surface area contributed by atoms with Gasteiger partial charge in [-0.25, -0.2) is 0 Å². The second kappa shape index (κ2) is 6.47. The molecule has 0 aliphatic heterocycles. The summed E-state index contributed by atoms with van der Waals surface area (Å²) in [6.45, 7) is 9.45. The van der Waals surface area contributed by atoms with E-state index in [4.69, 9.17) is 0 Å². The summed E-state index contributed by atoms with van der Waals surface area (Å²) in [7, 11) is 0. The van der Waals surface area contributed by atoms with Crippen molar-refractivity contribution in [3.63, 3.8) is 0 Å². The lowest BCUT2D eigenvalue weighted by atomic mass is 9.55. The van der Waals surface area contributed by atoms with Crippen LogP contribution in [0.4, 0.5) is 0 Å². The smallest absolute Gasteiger partial charge is 0.0253 e. The first-order chi connectivity index (χ1) is 10.1. The second-order valence-electron chi connectivity index (χ2n) is 6.62. The van der Waals surface area contributed by atoms with Crippen molar-refractivity contribution in [3.8, 4) is 0 Å². The molecule has 0 atom stereocenters. The molecule has 0 N–H and O–H groups in total. The lowest BCUT2D eigenvalue weighted by Crippen LogP contribution is -2.42. The first-order valence-electron chi connectivity index (χ1n) is 8.19. The van der Waals surface area contributed by atoms with Crippen molar-refractivity contribution in [2.75, 3.05) is 0 Å². The van der Waals surface area contributed by atoms with Crippen molar-refractivity contribution in [2.45, 2.75) is 52.4 Å². The highest BCUT2D eigenvalue weighted by Gasteiger charge is 2.45. The number of hydrogen-bond donors (Lipinski definition) is 0. The summed E-state index contributed by atoms with van der Waals surface area (Å²) < 4.78 is 0. The Labute approximate surface area is 130 Å². The van der Waals surface area contributed by atoms with Gasteiger partial charge in [-0.15, -0.1) is 0 Å². The number of rotatable bonds is 6. The van der Waals surface area contributed by atoms with Gasteiger partial charge in [-0.1, -0.05) is 94.8 Å². The summed E-state index contributed by atoms with van der Waals surface area (Å²) in [5, 5.41) is 0. The Morgan fingerprint density at radius 1 is 0.714 bits per heavy atom. The number of benzene rings is 2. The second-order valence-corrected chi connectivity index (χ2v) is 6.62. The molecule has 0 aliphatic carbocycles. The molecule has 0 spiro atoms. The SMILES string of the molecule is CCCC(c1ccccc1)(c1ccccc1)C(C)(C)CC. The standard InChI is InChI=1S/C21H28/c1-5-17-21(20(3,4)6-2,18-13-9-7-10-14-18)19-15-11-8-12-16-19/h7-16H,5-6,17H2,1-4H3. The molecule has 2 aromatic carbocycles. The minimum absolute atomic E-state index is 0.0824.